The number of carbonyl (C=O) groups is 2. The van der Waals surface area contributed by atoms with E-state index in [2.05, 4.69) is 33.0 Å². The Labute approximate surface area is 214 Å². The molecule has 0 spiro atoms. The predicted octanol–water partition coefficient (Wildman–Crippen LogP) is 4.34. The number of aromatic nitrogens is 1. The first kappa shape index (κ1) is 28.5. The monoisotopic (exact) mass is 490 g/mol. The maximum atomic E-state index is 13.3. The molecule has 2 amide bonds. The summed E-state index contributed by atoms with van der Waals surface area (Å²) in [6.45, 7) is 10.8. The van der Waals surface area contributed by atoms with Gasteiger partial charge in [0, 0.05) is 42.2 Å². The number of benzene rings is 1. The van der Waals surface area contributed by atoms with Crippen LogP contribution in [0.1, 0.15) is 56.1 Å². The molecule has 36 heavy (non-hydrogen) atoms. The van der Waals surface area contributed by atoms with Gasteiger partial charge in [0.05, 0.1) is 11.3 Å². The van der Waals surface area contributed by atoms with Gasteiger partial charge in [-0.25, -0.2) is 4.98 Å². The van der Waals surface area contributed by atoms with Crippen molar-refractivity contribution >= 4 is 24.3 Å². The highest BCUT2D eigenvalue weighted by Gasteiger charge is 2.19. The molecule has 0 saturated carbocycles. The molecule has 0 aliphatic heterocycles. The van der Waals surface area contributed by atoms with Crippen LogP contribution >= 0.6 is 0 Å². The van der Waals surface area contributed by atoms with E-state index in [1.165, 1.54) is 6.21 Å². The molecule has 0 atom stereocenters. The number of hydrogen-bond acceptors (Lipinski definition) is 6. The summed E-state index contributed by atoms with van der Waals surface area (Å²) in [6.07, 6.45) is 3.66. The van der Waals surface area contributed by atoms with Crippen LogP contribution in [0.2, 0.25) is 0 Å². The van der Waals surface area contributed by atoms with E-state index in [1.807, 2.05) is 60.0 Å². The Morgan fingerprint density at radius 1 is 1.17 bits per heavy atom. The standard InChI is InChI=1S/C28H38N6O2/c1-18(2)32-27-25(14-29)24(28(36)30-15-20(4)19(3)11-21(5)31-17-35)13-26(33-27)23-10-8-9-22(12-23)16-34(6)7/h8-14,17-18,29H,15-16H2,1-7H3,(H,30,36)(H,31,35)(H,32,33)/b20-19+,21-11-,29-14?. The van der Waals surface area contributed by atoms with Crippen molar-refractivity contribution in [2.75, 3.05) is 26.0 Å². The van der Waals surface area contributed by atoms with E-state index in [4.69, 9.17) is 10.4 Å². The van der Waals surface area contributed by atoms with Crippen LogP contribution in [-0.2, 0) is 11.3 Å². The Morgan fingerprint density at radius 2 is 1.89 bits per heavy atom. The van der Waals surface area contributed by atoms with Gasteiger partial charge in [0.25, 0.3) is 5.91 Å². The van der Waals surface area contributed by atoms with Crippen LogP contribution in [0.4, 0.5) is 5.82 Å². The molecule has 0 aliphatic rings. The highest BCUT2D eigenvalue weighted by atomic mass is 16.1. The van der Waals surface area contributed by atoms with E-state index in [1.54, 1.807) is 13.0 Å². The zero-order chi connectivity index (χ0) is 26.8. The van der Waals surface area contributed by atoms with Crippen molar-refractivity contribution in [1.29, 1.82) is 5.41 Å². The van der Waals surface area contributed by atoms with E-state index in [0.29, 0.717) is 35.6 Å². The summed E-state index contributed by atoms with van der Waals surface area (Å²) in [5, 5.41) is 16.9. The van der Waals surface area contributed by atoms with Gasteiger partial charge < -0.3 is 26.3 Å². The lowest BCUT2D eigenvalue weighted by Crippen LogP contribution is -2.27. The minimum atomic E-state index is -0.285. The fourth-order valence-corrected chi connectivity index (χ4v) is 3.64. The molecule has 2 rings (SSSR count). The van der Waals surface area contributed by atoms with Crippen molar-refractivity contribution in [2.45, 2.75) is 47.2 Å². The molecular formula is C28H38N6O2. The molecular weight excluding hydrogens is 452 g/mol. The largest absolute Gasteiger partial charge is 0.367 e. The maximum Gasteiger partial charge on any atom is 0.252 e. The summed E-state index contributed by atoms with van der Waals surface area (Å²) in [6, 6.07) is 9.93. The van der Waals surface area contributed by atoms with Crippen LogP contribution in [-0.4, -0.2) is 55.1 Å². The fraction of sp³-hybridized carbons (Fsp3) is 0.357. The highest BCUT2D eigenvalue weighted by molar-refractivity contribution is 6.05. The Balaban J connectivity index is 2.46. The van der Waals surface area contributed by atoms with Crippen molar-refractivity contribution in [1.82, 2.24) is 20.5 Å². The lowest BCUT2D eigenvalue weighted by atomic mass is 10.0. The van der Waals surface area contributed by atoms with Gasteiger partial charge in [-0.3, -0.25) is 9.59 Å². The molecule has 0 bridgehead atoms. The molecule has 0 unspecified atom stereocenters. The van der Waals surface area contributed by atoms with Crippen LogP contribution in [0.15, 0.2) is 53.3 Å². The minimum absolute atomic E-state index is 0.0743. The second-order valence-electron chi connectivity index (χ2n) is 9.43. The first-order valence-corrected chi connectivity index (χ1v) is 11.9. The number of rotatable bonds is 12. The lowest BCUT2D eigenvalue weighted by Gasteiger charge is -2.18. The third-order valence-electron chi connectivity index (χ3n) is 5.50. The van der Waals surface area contributed by atoms with Crippen LogP contribution in [0, 0.1) is 5.41 Å². The number of anilines is 1. The van der Waals surface area contributed by atoms with Gasteiger partial charge in [-0.2, -0.15) is 0 Å². The average Bonchev–Trinajstić information content (AvgIpc) is 2.81. The van der Waals surface area contributed by atoms with Gasteiger partial charge >= 0.3 is 0 Å². The van der Waals surface area contributed by atoms with Crippen LogP contribution < -0.4 is 16.0 Å². The first-order valence-electron chi connectivity index (χ1n) is 11.9. The smallest absolute Gasteiger partial charge is 0.252 e. The van der Waals surface area contributed by atoms with Gasteiger partial charge in [-0.05, 0) is 78.1 Å². The Hall–Kier alpha value is -3.78. The third kappa shape index (κ3) is 8.16. The average molecular weight is 491 g/mol. The number of pyridine rings is 1. The van der Waals surface area contributed by atoms with Gasteiger partial charge in [0.2, 0.25) is 6.41 Å². The maximum absolute atomic E-state index is 13.3. The number of hydrogen-bond donors (Lipinski definition) is 4. The van der Waals surface area contributed by atoms with E-state index in [0.717, 1.165) is 34.5 Å². The van der Waals surface area contributed by atoms with Crippen molar-refractivity contribution in [2.24, 2.45) is 0 Å². The normalized spacial score (nSPS) is 12.3. The second kappa shape index (κ2) is 13.3. The van der Waals surface area contributed by atoms with Crippen molar-refractivity contribution in [3.05, 3.63) is 69.9 Å². The Morgan fingerprint density at radius 3 is 2.50 bits per heavy atom. The van der Waals surface area contributed by atoms with Crippen LogP contribution in [0.25, 0.3) is 11.3 Å². The summed E-state index contributed by atoms with van der Waals surface area (Å²) in [5.74, 6) is 0.217. The molecule has 0 fully saturated rings. The summed E-state index contributed by atoms with van der Waals surface area (Å²) in [5.41, 5.74) is 6.16. The van der Waals surface area contributed by atoms with Crippen LogP contribution in [0.3, 0.4) is 0 Å². The molecule has 2 aromatic rings. The summed E-state index contributed by atoms with van der Waals surface area (Å²) in [4.78, 5) is 30.8. The lowest BCUT2D eigenvalue weighted by molar-refractivity contribution is -0.108. The second-order valence-corrected chi connectivity index (χ2v) is 9.43. The summed E-state index contributed by atoms with van der Waals surface area (Å²) >= 11 is 0. The van der Waals surface area contributed by atoms with E-state index >= 15 is 0 Å². The first-order chi connectivity index (χ1) is 17.0. The van der Waals surface area contributed by atoms with Crippen molar-refractivity contribution in [3.8, 4) is 11.3 Å². The van der Waals surface area contributed by atoms with Gasteiger partial charge in [0.15, 0.2) is 0 Å². The molecule has 192 valence electrons. The Kier molecular flexibility index (Phi) is 10.5. The van der Waals surface area contributed by atoms with Crippen molar-refractivity contribution in [3.63, 3.8) is 0 Å². The number of allylic oxidation sites excluding steroid dienone is 3. The minimum Gasteiger partial charge on any atom is -0.367 e. The van der Waals surface area contributed by atoms with Gasteiger partial charge in [0.1, 0.15) is 5.82 Å². The molecule has 4 N–H and O–H groups in total. The fourth-order valence-electron chi connectivity index (χ4n) is 3.64. The Bertz CT molecular complexity index is 1160. The van der Waals surface area contributed by atoms with Crippen LogP contribution in [0.5, 0.6) is 0 Å². The predicted molar refractivity (Wildman–Crippen MR) is 147 cm³/mol. The number of nitrogens with zero attached hydrogens (tertiary/aromatic N) is 2. The SMILES string of the molecule is C/C(=C/C(C)=C(\C)CNC(=O)c1cc(-c2cccc(CN(C)C)c2)nc(NC(C)C)c1C=N)NC=O. The topological polar surface area (TPSA) is 110 Å². The molecule has 0 aliphatic carbocycles. The van der Waals surface area contributed by atoms with Gasteiger partial charge in [-0.1, -0.05) is 23.8 Å². The third-order valence-corrected chi connectivity index (χ3v) is 5.50. The van der Waals surface area contributed by atoms with E-state index in [9.17, 15) is 9.59 Å². The van der Waals surface area contributed by atoms with Gasteiger partial charge in [-0.15, -0.1) is 0 Å². The zero-order valence-corrected chi connectivity index (χ0v) is 22.3. The highest BCUT2D eigenvalue weighted by Crippen LogP contribution is 2.26. The number of amides is 2. The van der Waals surface area contributed by atoms with E-state index < -0.39 is 0 Å². The number of carbonyl (C=O) groups excluding carboxylic acids is 2. The summed E-state index contributed by atoms with van der Waals surface area (Å²) in [7, 11) is 4.04. The molecule has 8 nitrogen and oxygen atoms in total. The zero-order valence-electron chi connectivity index (χ0n) is 22.3. The van der Waals surface area contributed by atoms with Crippen molar-refractivity contribution < 1.29 is 9.59 Å². The molecule has 1 aromatic heterocycles. The number of nitrogens with one attached hydrogen (secondary N) is 4. The van der Waals surface area contributed by atoms with E-state index in [-0.39, 0.29) is 11.9 Å². The molecule has 0 radical (unpaired) electrons. The molecule has 0 saturated heterocycles. The quantitative estimate of drug-likeness (QED) is 0.201. The summed E-state index contributed by atoms with van der Waals surface area (Å²) < 4.78 is 0. The molecule has 8 heteroatoms. The molecule has 1 aromatic carbocycles. The molecule has 1 heterocycles.